The molecule has 0 aliphatic rings. The summed E-state index contributed by atoms with van der Waals surface area (Å²) in [6.45, 7) is 0. The molecule has 0 aliphatic carbocycles. The van der Waals surface area contributed by atoms with Crippen molar-refractivity contribution >= 4 is 11.6 Å². The molecule has 0 bridgehead atoms. The Morgan fingerprint density at radius 2 is 1.81 bits per heavy atom. The van der Waals surface area contributed by atoms with E-state index in [1.54, 1.807) is 37.4 Å². The summed E-state index contributed by atoms with van der Waals surface area (Å²) < 4.78 is 47.9. The molecular formula is C17H13ClF3N3O2. The molecule has 1 aromatic heterocycles. The van der Waals surface area contributed by atoms with E-state index in [2.05, 4.69) is 14.8 Å². The van der Waals surface area contributed by atoms with Crippen LogP contribution >= 0.6 is 11.6 Å². The monoisotopic (exact) mass is 383 g/mol. The largest absolute Gasteiger partial charge is 0.573 e. The average Bonchev–Trinajstić information content (AvgIpc) is 3.05. The summed E-state index contributed by atoms with van der Waals surface area (Å²) in [6.07, 6.45) is -4.78. The van der Waals surface area contributed by atoms with Crippen molar-refractivity contribution in [1.29, 1.82) is 0 Å². The Morgan fingerprint density at radius 1 is 1.08 bits per heavy atom. The lowest BCUT2D eigenvalue weighted by Gasteiger charge is -2.11. The lowest BCUT2D eigenvalue weighted by atomic mass is 10.2. The van der Waals surface area contributed by atoms with Crippen LogP contribution in [-0.2, 0) is 5.88 Å². The smallest absolute Gasteiger partial charge is 0.497 e. The SMILES string of the molecule is COc1ccc(-c2nc(CCl)nn2-c2cccc(OC(F)(F)F)c2)cc1. The third-order valence-corrected chi connectivity index (χ3v) is 3.65. The van der Waals surface area contributed by atoms with Crippen molar-refractivity contribution in [2.75, 3.05) is 7.11 Å². The van der Waals surface area contributed by atoms with E-state index in [-0.39, 0.29) is 11.6 Å². The van der Waals surface area contributed by atoms with E-state index in [1.165, 1.54) is 22.9 Å². The number of hydrogen-bond acceptors (Lipinski definition) is 4. The number of aromatic nitrogens is 3. The Balaban J connectivity index is 2.04. The Kier molecular flexibility index (Phi) is 5.03. The van der Waals surface area contributed by atoms with Crippen LogP contribution in [0.1, 0.15) is 5.82 Å². The van der Waals surface area contributed by atoms with Crippen LogP contribution in [0.4, 0.5) is 13.2 Å². The zero-order chi connectivity index (χ0) is 18.7. The van der Waals surface area contributed by atoms with Gasteiger partial charge in [0.2, 0.25) is 0 Å². The minimum absolute atomic E-state index is 0.0644. The second kappa shape index (κ2) is 7.25. The van der Waals surface area contributed by atoms with Crippen molar-refractivity contribution in [3.05, 3.63) is 54.4 Å². The molecule has 0 atom stereocenters. The molecule has 26 heavy (non-hydrogen) atoms. The van der Waals surface area contributed by atoms with Crippen molar-refractivity contribution in [1.82, 2.24) is 14.8 Å². The number of nitrogens with zero attached hydrogens (tertiary/aromatic N) is 3. The molecule has 0 fully saturated rings. The maximum atomic E-state index is 12.5. The molecule has 2 aromatic carbocycles. The van der Waals surface area contributed by atoms with Gasteiger partial charge in [0.15, 0.2) is 11.6 Å². The minimum Gasteiger partial charge on any atom is -0.497 e. The molecule has 0 amide bonds. The van der Waals surface area contributed by atoms with Crippen LogP contribution in [0.2, 0.25) is 0 Å². The molecule has 3 aromatic rings. The first-order valence-electron chi connectivity index (χ1n) is 7.42. The molecule has 3 rings (SSSR count). The lowest BCUT2D eigenvalue weighted by Crippen LogP contribution is -2.17. The van der Waals surface area contributed by atoms with Crippen LogP contribution in [-0.4, -0.2) is 28.2 Å². The van der Waals surface area contributed by atoms with Gasteiger partial charge in [-0.3, -0.25) is 0 Å². The molecule has 0 spiro atoms. The van der Waals surface area contributed by atoms with Crippen LogP contribution in [0.25, 0.3) is 17.1 Å². The third kappa shape index (κ3) is 4.08. The Labute approximate surface area is 151 Å². The zero-order valence-corrected chi connectivity index (χ0v) is 14.3. The zero-order valence-electron chi connectivity index (χ0n) is 13.5. The second-order valence-corrected chi connectivity index (χ2v) is 5.44. The third-order valence-electron chi connectivity index (χ3n) is 3.41. The number of halogens is 4. The summed E-state index contributed by atoms with van der Waals surface area (Å²) in [5.74, 6) is 1.16. The average molecular weight is 384 g/mol. The number of benzene rings is 2. The summed E-state index contributed by atoms with van der Waals surface area (Å²) in [6, 6.07) is 12.5. The van der Waals surface area contributed by atoms with Gasteiger partial charge in [-0.1, -0.05) is 6.07 Å². The fourth-order valence-electron chi connectivity index (χ4n) is 2.33. The highest BCUT2D eigenvalue weighted by atomic mass is 35.5. The molecule has 0 radical (unpaired) electrons. The van der Waals surface area contributed by atoms with Gasteiger partial charge in [0.1, 0.15) is 11.5 Å². The van der Waals surface area contributed by atoms with Gasteiger partial charge in [0.05, 0.1) is 18.7 Å². The number of alkyl halides is 4. The second-order valence-electron chi connectivity index (χ2n) is 5.17. The van der Waals surface area contributed by atoms with E-state index in [4.69, 9.17) is 16.3 Å². The first-order chi connectivity index (χ1) is 12.4. The molecule has 0 aliphatic heterocycles. The molecule has 9 heteroatoms. The van der Waals surface area contributed by atoms with E-state index in [0.29, 0.717) is 28.6 Å². The van der Waals surface area contributed by atoms with Crippen LogP contribution in [0, 0.1) is 0 Å². The van der Waals surface area contributed by atoms with Crippen molar-refractivity contribution in [2.45, 2.75) is 12.2 Å². The van der Waals surface area contributed by atoms with E-state index < -0.39 is 6.36 Å². The fourth-order valence-corrected chi connectivity index (χ4v) is 2.44. The number of rotatable bonds is 5. The molecule has 0 saturated carbocycles. The van der Waals surface area contributed by atoms with Crippen molar-refractivity contribution < 1.29 is 22.6 Å². The van der Waals surface area contributed by atoms with Gasteiger partial charge in [-0.2, -0.15) is 0 Å². The van der Waals surface area contributed by atoms with E-state index in [0.717, 1.165) is 0 Å². The van der Waals surface area contributed by atoms with Crippen LogP contribution in [0.15, 0.2) is 48.5 Å². The number of hydrogen-bond donors (Lipinski definition) is 0. The predicted molar refractivity (Wildman–Crippen MR) is 89.6 cm³/mol. The maximum absolute atomic E-state index is 12.5. The Morgan fingerprint density at radius 3 is 2.42 bits per heavy atom. The highest BCUT2D eigenvalue weighted by molar-refractivity contribution is 6.16. The Bertz CT molecular complexity index is 895. The van der Waals surface area contributed by atoms with Gasteiger partial charge >= 0.3 is 6.36 Å². The van der Waals surface area contributed by atoms with Gasteiger partial charge in [-0.15, -0.1) is 29.9 Å². The van der Waals surface area contributed by atoms with Gasteiger partial charge in [0.25, 0.3) is 0 Å². The topological polar surface area (TPSA) is 49.2 Å². The van der Waals surface area contributed by atoms with E-state index in [9.17, 15) is 13.2 Å². The normalized spacial score (nSPS) is 11.4. The van der Waals surface area contributed by atoms with Crippen molar-refractivity contribution in [3.8, 4) is 28.6 Å². The molecule has 1 heterocycles. The highest BCUT2D eigenvalue weighted by Crippen LogP contribution is 2.28. The van der Waals surface area contributed by atoms with Gasteiger partial charge in [-0.05, 0) is 36.4 Å². The van der Waals surface area contributed by atoms with E-state index in [1.807, 2.05) is 0 Å². The summed E-state index contributed by atoms with van der Waals surface area (Å²) in [7, 11) is 1.55. The van der Waals surface area contributed by atoms with Gasteiger partial charge in [-0.25, -0.2) is 9.67 Å². The van der Waals surface area contributed by atoms with Gasteiger partial charge in [0, 0.05) is 11.6 Å². The van der Waals surface area contributed by atoms with Gasteiger partial charge < -0.3 is 9.47 Å². The molecule has 0 N–H and O–H groups in total. The molecule has 136 valence electrons. The molecule has 0 unspecified atom stereocenters. The first kappa shape index (κ1) is 18.1. The highest BCUT2D eigenvalue weighted by Gasteiger charge is 2.31. The first-order valence-corrected chi connectivity index (χ1v) is 7.95. The standard InChI is InChI=1S/C17H13ClF3N3O2/c1-25-13-7-5-11(6-8-13)16-22-15(10-18)23-24(16)12-3-2-4-14(9-12)26-17(19,20)21/h2-9H,10H2,1H3. The quantitative estimate of drug-likeness (QED) is 0.605. The number of methoxy groups -OCH3 is 1. The molecular weight excluding hydrogens is 371 g/mol. The summed E-state index contributed by atoms with van der Waals surface area (Å²) in [5.41, 5.74) is 1.07. The Hall–Kier alpha value is -2.74. The van der Waals surface area contributed by atoms with E-state index >= 15 is 0 Å². The fraction of sp³-hybridized carbons (Fsp3) is 0.176. The predicted octanol–water partition coefficient (Wildman–Crippen LogP) is 4.58. The van der Waals surface area contributed by atoms with Crippen LogP contribution in [0.5, 0.6) is 11.5 Å². The minimum atomic E-state index is -4.78. The van der Waals surface area contributed by atoms with Crippen molar-refractivity contribution in [3.63, 3.8) is 0 Å². The lowest BCUT2D eigenvalue weighted by molar-refractivity contribution is -0.274. The molecule has 0 saturated heterocycles. The summed E-state index contributed by atoms with van der Waals surface area (Å²) in [4.78, 5) is 4.35. The van der Waals surface area contributed by atoms with Crippen molar-refractivity contribution in [2.24, 2.45) is 0 Å². The summed E-state index contributed by atoms with van der Waals surface area (Å²) >= 11 is 5.82. The van der Waals surface area contributed by atoms with Crippen LogP contribution < -0.4 is 9.47 Å². The maximum Gasteiger partial charge on any atom is 0.573 e. The molecule has 5 nitrogen and oxygen atoms in total. The number of ether oxygens (including phenoxy) is 2. The van der Waals surface area contributed by atoms with Crippen LogP contribution in [0.3, 0.4) is 0 Å². The summed E-state index contributed by atoms with van der Waals surface area (Å²) in [5, 5.41) is 4.26.